The summed E-state index contributed by atoms with van der Waals surface area (Å²) in [5.41, 5.74) is 1.36. The highest BCUT2D eigenvalue weighted by Gasteiger charge is 2.32. The van der Waals surface area contributed by atoms with Crippen molar-refractivity contribution in [3.05, 3.63) is 54.3 Å². The van der Waals surface area contributed by atoms with Gasteiger partial charge in [-0.05, 0) is 56.5 Å². The number of anilines is 2. The molecule has 0 radical (unpaired) electrons. The smallest absolute Gasteiger partial charge is 0.414 e. The molecule has 9 nitrogen and oxygen atoms in total. The minimum atomic E-state index is -0.562. The number of aromatic nitrogens is 1. The Hall–Kier alpha value is -3.95. The molecule has 1 aliphatic rings. The lowest BCUT2D eigenvalue weighted by molar-refractivity contribution is 0.139. The highest BCUT2D eigenvalue weighted by molar-refractivity contribution is 5.90. The average molecular weight is 487 g/mol. The SMILES string of the molecule is C/C=C(\O)NCC1CN(c2ccc(-c3ccc(N(C=N)CCC)nc3)c(F)c2)C(=O)O1.C=N.CC. The number of carbonyl (C=O) groups is 1. The number of amides is 1. The maximum atomic E-state index is 14.9. The molecule has 1 saturated heterocycles. The molecule has 0 saturated carbocycles. The van der Waals surface area contributed by atoms with Gasteiger partial charge in [0.25, 0.3) is 0 Å². The van der Waals surface area contributed by atoms with Crippen molar-refractivity contribution in [3.8, 4) is 11.1 Å². The minimum absolute atomic E-state index is 0.00274. The van der Waals surface area contributed by atoms with E-state index in [4.69, 9.17) is 15.6 Å². The zero-order valence-electron chi connectivity index (χ0n) is 20.7. The second-order valence-corrected chi connectivity index (χ2v) is 7.06. The fourth-order valence-electron chi connectivity index (χ4n) is 3.27. The molecule has 3 rings (SSSR count). The van der Waals surface area contributed by atoms with Gasteiger partial charge in [-0.25, -0.2) is 14.2 Å². The van der Waals surface area contributed by atoms with E-state index in [0.29, 0.717) is 29.2 Å². The van der Waals surface area contributed by atoms with Crippen LogP contribution in [0.1, 0.15) is 34.1 Å². The number of benzene rings is 1. The van der Waals surface area contributed by atoms with Gasteiger partial charge >= 0.3 is 6.09 Å². The van der Waals surface area contributed by atoms with Crippen LogP contribution in [0.3, 0.4) is 0 Å². The van der Waals surface area contributed by atoms with E-state index < -0.39 is 18.0 Å². The predicted octanol–water partition coefficient (Wildman–Crippen LogP) is 5.34. The van der Waals surface area contributed by atoms with Crippen molar-refractivity contribution < 1.29 is 19.0 Å². The molecule has 35 heavy (non-hydrogen) atoms. The number of aliphatic hydroxyl groups excluding tert-OH is 1. The maximum absolute atomic E-state index is 14.9. The number of rotatable bonds is 9. The molecule has 2 heterocycles. The lowest BCUT2D eigenvalue weighted by Gasteiger charge is -2.17. The third-order valence-corrected chi connectivity index (χ3v) is 4.90. The molecule has 2 aromatic rings. The first-order chi connectivity index (χ1) is 17.0. The molecule has 1 aromatic heterocycles. The molecule has 10 heteroatoms. The van der Waals surface area contributed by atoms with Gasteiger partial charge in [-0.1, -0.05) is 20.8 Å². The van der Waals surface area contributed by atoms with Crippen LogP contribution in [0.5, 0.6) is 0 Å². The molecule has 1 unspecified atom stereocenters. The van der Waals surface area contributed by atoms with Gasteiger partial charge in [-0.15, -0.1) is 0 Å². The van der Waals surface area contributed by atoms with Gasteiger partial charge in [0.05, 0.1) is 25.1 Å². The molecule has 1 aliphatic heterocycles. The number of cyclic esters (lactones) is 1. The number of aliphatic hydroxyl groups is 1. The van der Waals surface area contributed by atoms with Crippen LogP contribution in [0.4, 0.5) is 20.7 Å². The summed E-state index contributed by atoms with van der Waals surface area (Å²) in [7, 11) is 0. The summed E-state index contributed by atoms with van der Waals surface area (Å²) in [5.74, 6) is 0.148. The van der Waals surface area contributed by atoms with Crippen molar-refractivity contribution in [2.45, 2.75) is 40.2 Å². The van der Waals surface area contributed by atoms with E-state index in [2.05, 4.69) is 17.0 Å². The molecule has 0 bridgehead atoms. The Kier molecular flexibility index (Phi) is 12.5. The standard InChI is InChI=1S/C22H26FN5O3.C2H6.CH3N/c1-3-9-27(14-24)20-8-5-15(11-25-20)18-7-6-16(10-19(18)23)28-13-17(31-22(28)30)12-26-21(29)4-2;2*1-2/h4-8,10-11,14,17,24,26,29H,3,9,12-13H2,1-2H3;1-2H3;2H,1H2/b21-4-,24-14?;;. The first kappa shape index (κ1) is 29.1. The predicted molar refractivity (Wildman–Crippen MR) is 139 cm³/mol. The Labute approximate surface area is 206 Å². The quantitative estimate of drug-likeness (QED) is 0.215. The monoisotopic (exact) mass is 486 g/mol. The summed E-state index contributed by atoms with van der Waals surface area (Å²) in [4.78, 5) is 19.6. The van der Waals surface area contributed by atoms with Gasteiger partial charge in [-0.2, -0.15) is 0 Å². The van der Waals surface area contributed by atoms with E-state index in [-0.39, 0.29) is 19.0 Å². The zero-order valence-corrected chi connectivity index (χ0v) is 20.7. The molecular weight excluding hydrogens is 451 g/mol. The summed E-state index contributed by atoms with van der Waals surface area (Å²) in [6.07, 6.45) is 4.14. The molecule has 0 spiro atoms. The first-order valence-electron chi connectivity index (χ1n) is 11.4. The molecule has 1 amide bonds. The van der Waals surface area contributed by atoms with Crippen LogP contribution in [0, 0.1) is 16.6 Å². The third-order valence-electron chi connectivity index (χ3n) is 4.90. The molecule has 1 aromatic carbocycles. The highest BCUT2D eigenvalue weighted by atomic mass is 19.1. The Morgan fingerprint density at radius 1 is 1.37 bits per heavy atom. The minimum Gasteiger partial charge on any atom is -0.495 e. The number of carbonyl (C=O) groups excluding carboxylic acids is 1. The number of pyridine rings is 1. The van der Waals surface area contributed by atoms with Crippen LogP contribution in [0.25, 0.3) is 11.1 Å². The summed E-state index contributed by atoms with van der Waals surface area (Å²) < 4.78 is 20.1. The van der Waals surface area contributed by atoms with E-state index >= 15 is 0 Å². The number of hydrogen-bond acceptors (Lipinski definition) is 7. The Balaban J connectivity index is 0.00000145. The van der Waals surface area contributed by atoms with Crippen LogP contribution in [0.2, 0.25) is 0 Å². The van der Waals surface area contributed by atoms with Crippen LogP contribution >= 0.6 is 0 Å². The molecule has 1 fully saturated rings. The van der Waals surface area contributed by atoms with Gasteiger partial charge in [0.2, 0.25) is 0 Å². The fraction of sp³-hybridized carbons (Fsp3) is 0.360. The topological polar surface area (TPSA) is 126 Å². The van der Waals surface area contributed by atoms with Crippen molar-refractivity contribution in [2.24, 2.45) is 0 Å². The first-order valence-corrected chi connectivity index (χ1v) is 11.4. The number of ether oxygens (including phenoxy) is 1. The van der Waals surface area contributed by atoms with Gasteiger partial charge in [-0.3, -0.25) is 10.3 Å². The van der Waals surface area contributed by atoms with Gasteiger partial charge in [0.1, 0.15) is 17.7 Å². The molecule has 4 N–H and O–H groups in total. The number of allylic oxidation sites excluding steroid dienone is 1. The fourth-order valence-corrected chi connectivity index (χ4v) is 3.27. The van der Waals surface area contributed by atoms with Crippen LogP contribution in [0.15, 0.2) is 48.5 Å². The Morgan fingerprint density at radius 2 is 2.09 bits per heavy atom. The summed E-state index contributed by atoms with van der Waals surface area (Å²) in [5, 5.41) is 25.2. The van der Waals surface area contributed by atoms with Crippen molar-refractivity contribution in [3.63, 3.8) is 0 Å². The zero-order chi connectivity index (χ0) is 26.4. The van der Waals surface area contributed by atoms with Crippen LogP contribution in [-0.4, -0.2) is 55.0 Å². The van der Waals surface area contributed by atoms with E-state index in [1.165, 1.54) is 23.4 Å². The maximum Gasteiger partial charge on any atom is 0.414 e. The number of nitrogens with one attached hydrogen (secondary N) is 3. The van der Waals surface area contributed by atoms with Crippen molar-refractivity contribution in [2.75, 3.05) is 29.4 Å². The Bertz CT molecular complexity index is 984. The van der Waals surface area contributed by atoms with Crippen molar-refractivity contribution in [1.29, 1.82) is 10.8 Å². The van der Waals surface area contributed by atoms with Crippen LogP contribution in [-0.2, 0) is 4.74 Å². The van der Waals surface area contributed by atoms with E-state index in [0.717, 1.165) is 6.42 Å². The number of hydrogen-bond donors (Lipinski definition) is 4. The normalized spacial score (nSPS) is 14.7. The van der Waals surface area contributed by atoms with Gasteiger partial charge in [0.15, 0.2) is 5.88 Å². The van der Waals surface area contributed by atoms with E-state index in [1.807, 2.05) is 20.8 Å². The second kappa shape index (κ2) is 15.0. The van der Waals surface area contributed by atoms with Crippen LogP contribution < -0.4 is 15.1 Å². The number of nitrogens with zero attached hydrogens (tertiary/aromatic N) is 3. The van der Waals surface area contributed by atoms with Gasteiger partial charge in [0, 0.05) is 23.9 Å². The molecule has 190 valence electrons. The third kappa shape index (κ3) is 7.80. The van der Waals surface area contributed by atoms with Crippen molar-refractivity contribution in [1.82, 2.24) is 10.3 Å². The van der Waals surface area contributed by atoms with E-state index in [9.17, 15) is 14.3 Å². The molecular formula is C25H35FN6O3. The summed E-state index contributed by atoms with van der Waals surface area (Å²) in [6, 6.07) is 8.07. The summed E-state index contributed by atoms with van der Waals surface area (Å²) in [6.45, 7) is 11.4. The largest absolute Gasteiger partial charge is 0.495 e. The van der Waals surface area contributed by atoms with E-state index in [1.54, 1.807) is 42.3 Å². The average Bonchev–Trinajstić information content (AvgIpc) is 3.28. The lowest BCUT2D eigenvalue weighted by atomic mass is 10.1. The highest BCUT2D eigenvalue weighted by Crippen LogP contribution is 2.29. The summed E-state index contributed by atoms with van der Waals surface area (Å²) >= 11 is 0. The lowest BCUT2D eigenvalue weighted by Crippen LogP contribution is -2.30. The Morgan fingerprint density at radius 3 is 2.63 bits per heavy atom. The number of halogens is 1. The second-order valence-electron chi connectivity index (χ2n) is 7.06. The molecule has 0 aliphatic carbocycles. The molecule has 1 atom stereocenters. The van der Waals surface area contributed by atoms with Gasteiger partial charge < -0.3 is 25.5 Å². The van der Waals surface area contributed by atoms with Crippen molar-refractivity contribution >= 4 is 30.7 Å².